The Morgan fingerprint density at radius 3 is 2.55 bits per heavy atom. The van der Waals surface area contributed by atoms with Gasteiger partial charge in [-0.25, -0.2) is 4.98 Å². The minimum atomic E-state index is 0.669. The number of rotatable bonds is 5. The standard InChI is InChI=1S/C14H14Br2N2O2/c1-19-12-6-9(5-11(15)14(12)20-2)7-17-10-3-4-13(16)18-8-10/h3-6,8,17H,7H2,1-2H3. The fourth-order valence-corrected chi connectivity index (χ4v) is 2.64. The molecule has 0 atom stereocenters. The summed E-state index contributed by atoms with van der Waals surface area (Å²) < 4.78 is 12.3. The zero-order valence-electron chi connectivity index (χ0n) is 11.1. The molecular weight excluding hydrogens is 388 g/mol. The summed E-state index contributed by atoms with van der Waals surface area (Å²) in [6.07, 6.45) is 1.78. The van der Waals surface area contributed by atoms with E-state index in [9.17, 15) is 0 Å². The van der Waals surface area contributed by atoms with Gasteiger partial charge in [-0.1, -0.05) is 0 Å². The van der Waals surface area contributed by atoms with Crippen LogP contribution in [0, 0.1) is 0 Å². The largest absolute Gasteiger partial charge is 0.493 e. The van der Waals surface area contributed by atoms with Gasteiger partial charge in [-0.15, -0.1) is 0 Å². The maximum absolute atomic E-state index is 5.32. The van der Waals surface area contributed by atoms with Crippen LogP contribution in [0.5, 0.6) is 11.5 Å². The second kappa shape index (κ2) is 6.95. The Morgan fingerprint density at radius 1 is 1.15 bits per heavy atom. The van der Waals surface area contributed by atoms with Crippen molar-refractivity contribution in [2.24, 2.45) is 0 Å². The zero-order valence-corrected chi connectivity index (χ0v) is 14.3. The molecule has 4 nitrogen and oxygen atoms in total. The molecule has 0 fully saturated rings. The predicted octanol–water partition coefficient (Wildman–Crippen LogP) is 4.24. The van der Waals surface area contributed by atoms with Crippen molar-refractivity contribution in [1.82, 2.24) is 4.98 Å². The molecule has 1 aromatic carbocycles. The summed E-state index contributed by atoms with van der Waals surface area (Å²) in [6, 6.07) is 7.81. The van der Waals surface area contributed by atoms with Gasteiger partial charge < -0.3 is 14.8 Å². The van der Waals surface area contributed by atoms with Gasteiger partial charge in [0.05, 0.1) is 30.6 Å². The van der Waals surface area contributed by atoms with Crippen LogP contribution in [0.1, 0.15) is 5.56 Å². The maximum Gasteiger partial charge on any atom is 0.174 e. The molecule has 0 radical (unpaired) electrons. The molecular formula is C14H14Br2N2O2. The van der Waals surface area contributed by atoms with E-state index < -0.39 is 0 Å². The second-order valence-corrected chi connectivity index (χ2v) is 5.70. The highest BCUT2D eigenvalue weighted by atomic mass is 79.9. The van der Waals surface area contributed by atoms with Crippen molar-refractivity contribution in [2.45, 2.75) is 6.54 Å². The van der Waals surface area contributed by atoms with Gasteiger partial charge in [-0.05, 0) is 61.7 Å². The number of aromatic nitrogens is 1. The highest BCUT2D eigenvalue weighted by molar-refractivity contribution is 9.10. The first-order valence-electron chi connectivity index (χ1n) is 5.90. The Morgan fingerprint density at radius 2 is 1.95 bits per heavy atom. The van der Waals surface area contributed by atoms with Crippen molar-refractivity contribution in [3.05, 3.63) is 45.1 Å². The number of nitrogens with zero attached hydrogens (tertiary/aromatic N) is 1. The molecule has 0 amide bonds. The van der Waals surface area contributed by atoms with E-state index in [1.165, 1.54) is 0 Å². The van der Waals surface area contributed by atoms with Crippen LogP contribution in [-0.2, 0) is 6.54 Å². The fourth-order valence-electron chi connectivity index (χ4n) is 1.76. The molecule has 20 heavy (non-hydrogen) atoms. The third-order valence-corrected chi connectivity index (χ3v) is 3.78. The number of benzene rings is 1. The molecule has 6 heteroatoms. The molecule has 106 valence electrons. The van der Waals surface area contributed by atoms with E-state index >= 15 is 0 Å². The summed E-state index contributed by atoms with van der Waals surface area (Å²) in [5, 5.41) is 3.30. The molecule has 0 aliphatic carbocycles. The Kier molecular flexibility index (Phi) is 5.25. The number of ether oxygens (including phenoxy) is 2. The highest BCUT2D eigenvalue weighted by Gasteiger charge is 2.10. The van der Waals surface area contributed by atoms with Crippen LogP contribution in [0.15, 0.2) is 39.5 Å². The second-order valence-electron chi connectivity index (χ2n) is 4.04. The molecule has 0 spiro atoms. The Labute approximate surface area is 134 Å². The van der Waals surface area contributed by atoms with Crippen LogP contribution in [0.25, 0.3) is 0 Å². The number of halogens is 2. The normalized spacial score (nSPS) is 10.2. The molecule has 0 bridgehead atoms. The van der Waals surface area contributed by atoms with E-state index in [1.807, 2.05) is 24.3 Å². The first-order chi connectivity index (χ1) is 9.63. The number of methoxy groups -OCH3 is 2. The van der Waals surface area contributed by atoms with E-state index in [4.69, 9.17) is 9.47 Å². The van der Waals surface area contributed by atoms with Gasteiger partial charge in [-0.3, -0.25) is 0 Å². The number of pyridine rings is 1. The zero-order chi connectivity index (χ0) is 14.5. The molecule has 0 aliphatic heterocycles. The van der Waals surface area contributed by atoms with Gasteiger partial charge in [0.15, 0.2) is 11.5 Å². The van der Waals surface area contributed by atoms with Crippen LogP contribution >= 0.6 is 31.9 Å². The lowest BCUT2D eigenvalue weighted by atomic mass is 10.2. The van der Waals surface area contributed by atoms with Gasteiger partial charge in [-0.2, -0.15) is 0 Å². The van der Waals surface area contributed by atoms with Gasteiger partial charge in [0.1, 0.15) is 4.60 Å². The number of nitrogens with one attached hydrogen (secondary N) is 1. The van der Waals surface area contributed by atoms with Crippen molar-refractivity contribution in [2.75, 3.05) is 19.5 Å². The van der Waals surface area contributed by atoms with Crippen LogP contribution in [0.2, 0.25) is 0 Å². The van der Waals surface area contributed by atoms with E-state index in [2.05, 4.69) is 42.2 Å². The molecule has 2 aromatic rings. The van der Waals surface area contributed by atoms with E-state index in [1.54, 1.807) is 20.4 Å². The van der Waals surface area contributed by atoms with Crippen LogP contribution in [0.4, 0.5) is 5.69 Å². The lowest BCUT2D eigenvalue weighted by molar-refractivity contribution is 0.352. The van der Waals surface area contributed by atoms with Gasteiger partial charge >= 0.3 is 0 Å². The van der Waals surface area contributed by atoms with E-state index in [0.717, 1.165) is 20.3 Å². The third kappa shape index (κ3) is 3.64. The van der Waals surface area contributed by atoms with Crippen LogP contribution < -0.4 is 14.8 Å². The predicted molar refractivity (Wildman–Crippen MR) is 86.5 cm³/mol. The summed E-state index contributed by atoms with van der Waals surface area (Å²) in [4.78, 5) is 4.17. The smallest absolute Gasteiger partial charge is 0.174 e. The van der Waals surface area contributed by atoms with Crippen molar-refractivity contribution < 1.29 is 9.47 Å². The first kappa shape index (κ1) is 15.1. The first-order valence-corrected chi connectivity index (χ1v) is 7.48. The number of anilines is 1. The molecule has 0 saturated carbocycles. The maximum atomic E-state index is 5.32. The Bertz CT molecular complexity index is 588. The van der Waals surface area contributed by atoms with Crippen LogP contribution in [-0.4, -0.2) is 19.2 Å². The van der Waals surface area contributed by atoms with Crippen molar-refractivity contribution in [3.8, 4) is 11.5 Å². The summed E-state index contributed by atoms with van der Waals surface area (Å²) in [5.41, 5.74) is 2.04. The number of hydrogen-bond acceptors (Lipinski definition) is 4. The Hall–Kier alpha value is -1.27. The summed E-state index contributed by atoms with van der Waals surface area (Å²) in [6.45, 7) is 0.669. The SMILES string of the molecule is COc1cc(CNc2ccc(Br)nc2)cc(Br)c1OC. The van der Waals surface area contributed by atoms with Gasteiger partial charge in [0.25, 0.3) is 0 Å². The minimum Gasteiger partial charge on any atom is -0.493 e. The van der Waals surface area contributed by atoms with Crippen molar-refractivity contribution in [3.63, 3.8) is 0 Å². The Balaban J connectivity index is 2.13. The molecule has 0 unspecified atom stereocenters. The fraction of sp³-hybridized carbons (Fsp3) is 0.214. The van der Waals surface area contributed by atoms with Crippen molar-refractivity contribution >= 4 is 37.5 Å². The molecule has 0 saturated heterocycles. The minimum absolute atomic E-state index is 0.669. The summed E-state index contributed by atoms with van der Waals surface area (Å²) >= 11 is 6.79. The average molecular weight is 402 g/mol. The number of hydrogen-bond donors (Lipinski definition) is 1. The van der Waals surface area contributed by atoms with E-state index in [0.29, 0.717) is 18.0 Å². The van der Waals surface area contributed by atoms with Gasteiger partial charge in [0, 0.05) is 6.54 Å². The van der Waals surface area contributed by atoms with E-state index in [-0.39, 0.29) is 0 Å². The lowest BCUT2D eigenvalue weighted by Crippen LogP contribution is -2.01. The quantitative estimate of drug-likeness (QED) is 0.761. The molecule has 1 heterocycles. The monoisotopic (exact) mass is 400 g/mol. The molecule has 1 N–H and O–H groups in total. The summed E-state index contributed by atoms with van der Waals surface area (Å²) in [7, 11) is 3.24. The van der Waals surface area contributed by atoms with Gasteiger partial charge in [0.2, 0.25) is 0 Å². The lowest BCUT2D eigenvalue weighted by Gasteiger charge is -2.13. The molecule has 0 aliphatic rings. The van der Waals surface area contributed by atoms with Crippen molar-refractivity contribution in [1.29, 1.82) is 0 Å². The molecule has 2 rings (SSSR count). The average Bonchev–Trinajstić information content (AvgIpc) is 2.46. The third-order valence-electron chi connectivity index (χ3n) is 2.72. The summed E-state index contributed by atoms with van der Waals surface area (Å²) in [5.74, 6) is 1.40. The molecule has 1 aromatic heterocycles. The van der Waals surface area contributed by atoms with Crippen LogP contribution in [0.3, 0.4) is 0 Å². The highest BCUT2D eigenvalue weighted by Crippen LogP contribution is 2.36. The topological polar surface area (TPSA) is 43.4 Å².